The Balaban J connectivity index is 1.44. The Morgan fingerprint density at radius 1 is 1.24 bits per heavy atom. The van der Waals surface area contributed by atoms with Crippen LogP contribution in [-0.2, 0) is 25.7 Å². The predicted molar refractivity (Wildman–Crippen MR) is 127 cm³/mol. The van der Waals surface area contributed by atoms with E-state index in [2.05, 4.69) is 21.3 Å². The Hall–Kier alpha value is -2.98. The van der Waals surface area contributed by atoms with Gasteiger partial charge in [0.2, 0.25) is 21.9 Å². The lowest BCUT2D eigenvalue weighted by Gasteiger charge is -2.35. The monoisotopic (exact) mass is 518 g/mol. The van der Waals surface area contributed by atoms with Crippen molar-refractivity contribution < 1.29 is 17.6 Å². The molecule has 2 N–H and O–H groups in total. The van der Waals surface area contributed by atoms with Crippen LogP contribution in [0.5, 0.6) is 0 Å². The summed E-state index contributed by atoms with van der Waals surface area (Å²) in [6.07, 6.45) is 0. The summed E-state index contributed by atoms with van der Waals surface area (Å²) in [5.41, 5.74) is 5.68. The van der Waals surface area contributed by atoms with Crippen molar-refractivity contribution >= 4 is 38.9 Å². The Morgan fingerprint density at radius 2 is 1.91 bits per heavy atom. The summed E-state index contributed by atoms with van der Waals surface area (Å²) in [6.45, 7) is 2.43. The number of hydrogen-bond acceptors (Lipinski definition) is 10. The zero-order chi connectivity index (χ0) is 24.3. The number of aromatic nitrogens is 2. The molecule has 2 aliphatic rings. The molecule has 2 aliphatic heterocycles. The van der Waals surface area contributed by atoms with Gasteiger partial charge < -0.3 is 14.9 Å². The number of benzene rings is 1. The summed E-state index contributed by atoms with van der Waals surface area (Å²) >= 11 is 7.70. The van der Waals surface area contributed by atoms with Gasteiger partial charge in [-0.3, -0.25) is 0 Å². The highest BCUT2D eigenvalue weighted by Crippen LogP contribution is 2.44. The first-order valence-corrected chi connectivity index (χ1v) is 12.9. The molecule has 0 bridgehead atoms. The third kappa shape index (κ3) is 3.56. The fraction of sp³-hybridized carbons (Fsp3) is 0.333. The van der Waals surface area contributed by atoms with Gasteiger partial charge in [0.1, 0.15) is 11.0 Å². The minimum absolute atomic E-state index is 0.102. The first kappa shape index (κ1) is 22.8. The van der Waals surface area contributed by atoms with Crippen molar-refractivity contribution in [2.75, 3.05) is 26.0 Å². The molecule has 13 heteroatoms. The Morgan fingerprint density at radius 3 is 2.50 bits per heavy atom. The minimum atomic E-state index is -3.64. The normalized spacial score (nSPS) is 23.1. The van der Waals surface area contributed by atoms with Crippen molar-refractivity contribution in [1.82, 2.24) is 14.5 Å². The van der Waals surface area contributed by atoms with E-state index >= 15 is 0 Å². The summed E-state index contributed by atoms with van der Waals surface area (Å²) in [6, 6.07) is 11.3. The van der Waals surface area contributed by atoms with Gasteiger partial charge in [0.15, 0.2) is 0 Å². The van der Waals surface area contributed by atoms with Crippen LogP contribution < -0.4 is 5.73 Å². The number of ether oxygens (including phenoxy) is 1. The van der Waals surface area contributed by atoms with E-state index in [0.29, 0.717) is 39.4 Å². The molecule has 0 unspecified atom stereocenters. The fourth-order valence-corrected chi connectivity index (χ4v) is 6.96. The lowest BCUT2D eigenvalue weighted by atomic mass is 9.80. The van der Waals surface area contributed by atoms with Crippen LogP contribution >= 0.6 is 22.9 Å². The molecule has 1 fully saturated rings. The fourth-order valence-electron chi connectivity index (χ4n) is 3.88. The van der Waals surface area contributed by atoms with Gasteiger partial charge in [0.25, 0.3) is 5.89 Å². The van der Waals surface area contributed by atoms with Crippen molar-refractivity contribution in [1.29, 1.82) is 5.26 Å². The van der Waals surface area contributed by atoms with E-state index < -0.39 is 21.0 Å². The molecule has 34 heavy (non-hydrogen) atoms. The number of rotatable bonds is 4. The molecule has 3 aromatic rings. The third-order valence-electron chi connectivity index (χ3n) is 5.97. The van der Waals surface area contributed by atoms with Gasteiger partial charge in [-0.05, 0) is 30.7 Å². The molecule has 0 saturated carbocycles. The number of sulfonamides is 1. The molecule has 2 aromatic heterocycles. The summed E-state index contributed by atoms with van der Waals surface area (Å²) < 4.78 is 37.1. The molecule has 5 rings (SSSR count). The number of nitrogens with zero attached hydrogens (tertiary/aromatic N) is 5. The van der Waals surface area contributed by atoms with E-state index in [0.717, 1.165) is 9.87 Å². The summed E-state index contributed by atoms with van der Waals surface area (Å²) in [5.74, 6) is 0.177. The Labute approximate surface area is 204 Å². The summed E-state index contributed by atoms with van der Waals surface area (Å²) in [4.78, 5) is 5.52. The van der Waals surface area contributed by atoms with Crippen LogP contribution in [0.2, 0.25) is 5.02 Å². The maximum absolute atomic E-state index is 12.5. The maximum Gasteiger partial charge on any atom is 0.258 e. The number of guanidine groups is 1. The van der Waals surface area contributed by atoms with Crippen molar-refractivity contribution in [3.05, 3.63) is 45.8 Å². The second-order valence-corrected chi connectivity index (χ2v) is 11.9. The molecule has 1 aromatic carbocycles. The van der Waals surface area contributed by atoms with E-state index in [-0.39, 0.29) is 17.6 Å². The number of halogens is 1. The topological polar surface area (TPSA) is 148 Å². The van der Waals surface area contributed by atoms with Crippen molar-refractivity contribution in [3.8, 4) is 28.3 Å². The van der Waals surface area contributed by atoms with Crippen LogP contribution in [0.1, 0.15) is 17.4 Å². The summed E-state index contributed by atoms with van der Waals surface area (Å²) in [7, 11) is -2.28. The lowest BCUT2D eigenvalue weighted by molar-refractivity contribution is -0.0298. The first-order chi connectivity index (χ1) is 16.1. The lowest BCUT2D eigenvalue weighted by Crippen LogP contribution is -2.50. The average molecular weight is 519 g/mol. The van der Waals surface area contributed by atoms with Gasteiger partial charge in [0, 0.05) is 12.6 Å². The van der Waals surface area contributed by atoms with Crippen LogP contribution in [0.3, 0.4) is 0 Å². The number of nitriles is 1. The minimum Gasteiger partial charge on any atom is -0.415 e. The molecule has 0 amide bonds. The molecule has 0 spiro atoms. The van der Waals surface area contributed by atoms with E-state index in [4.69, 9.17) is 26.5 Å². The standard InChI is InChI=1S/C21H19ClN6O4S2/c1-20(11-34(29,30)28(2)19(24)25-20)16-14(22)7-15(33-16)18-27-26-17(32-18)12-3-5-13(6-4-12)21(8-23)9-31-10-21/h3-7H,9-11H2,1-2H3,(H2,24,25)/t20-/m0/s1. The Kier molecular flexibility index (Phi) is 5.21. The van der Waals surface area contributed by atoms with Gasteiger partial charge in [-0.2, -0.15) is 5.26 Å². The highest BCUT2D eigenvalue weighted by atomic mass is 35.5. The average Bonchev–Trinajstić information content (AvgIpc) is 3.39. The predicted octanol–water partition coefficient (Wildman–Crippen LogP) is 2.72. The van der Waals surface area contributed by atoms with Crippen LogP contribution in [-0.4, -0.2) is 54.9 Å². The van der Waals surface area contributed by atoms with Crippen molar-refractivity contribution in [3.63, 3.8) is 0 Å². The van der Waals surface area contributed by atoms with Crippen molar-refractivity contribution in [2.24, 2.45) is 10.7 Å². The molecular formula is C21H19ClN6O4S2. The molecule has 1 saturated heterocycles. The molecule has 176 valence electrons. The van der Waals surface area contributed by atoms with Crippen LogP contribution in [0.4, 0.5) is 0 Å². The smallest absolute Gasteiger partial charge is 0.258 e. The van der Waals surface area contributed by atoms with E-state index in [1.165, 1.54) is 18.4 Å². The molecule has 1 atom stereocenters. The van der Waals surface area contributed by atoms with Gasteiger partial charge in [-0.1, -0.05) is 23.7 Å². The van der Waals surface area contributed by atoms with Crippen LogP contribution in [0, 0.1) is 11.3 Å². The zero-order valence-electron chi connectivity index (χ0n) is 18.1. The van der Waals surface area contributed by atoms with E-state index in [9.17, 15) is 13.7 Å². The Bertz CT molecular complexity index is 1450. The highest BCUT2D eigenvalue weighted by molar-refractivity contribution is 7.89. The van der Waals surface area contributed by atoms with Gasteiger partial charge in [0.05, 0.1) is 39.8 Å². The SMILES string of the molecule is CN1C(N)=N[C@](C)(c2sc(-c3nnc(-c4ccc(C5(C#N)COC5)cc4)o3)cc2Cl)CS1(=O)=O. The highest BCUT2D eigenvalue weighted by Gasteiger charge is 2.43. The van der Waals surface area contributed by atoms with E-state index in [1.54, 1.807) is 13.0 Å². The van der Waals surface area contributed by atoms with Crippen LogP contribution in [0.25, 0.3) is 22.2 Å². The molecule has 4 heterocycles. The molecule has 0 radical (unpaired) electrons. The maximum atomic E-state index is 12.5. The zero-order valence-corrected chi connectivity index (χ0v) is 20.5. The number of hydrogen-bond donors (Lipinski definition) is 1. The largest absolute Gasteiger partial charge is 0.415 e. The van der Waals surface area contributed by atoms with E-state index in [1.807, 2.05) is 24.3 Å². The van der Waals surface area contributed by atoms with Gasteiger partial charge >= 0.3 is 0 Å². The quantitative estimate of drug-likeness (QED) is 0.554. The number of nitrogens with two attached hydrogens (primary N) is 1. The molecular weight excluding hydrogens is 500 g/mol. The van der Waals surface area contributed by atoms with Crippen LogP contribution in [0.15, 0.2) is 39.7 Å². The summed E-state index contributed by atoms with van der Waals surface area (Å²) in [5, 5.41) is 18.1. The van der Waals surface area contributed by atoms with Gasteiger partial charge in [-0.25, -0.2) is 17.7 Å². The second kappa shape index (κ2) is 7.78. The number of thiophene rings is 1. The van der Waals surface area contributed by atoms with Crippen molar-refractivity contribution in [2.45, 2.75) is 17.9 Å². The third-order valence-corrected chi connectivity index (χ3v) is 9.71. The van der Waals surface area contributed by atoms with Gasteiger partial charge in [-0.15, -0.1) is 21.5 Å². The first-order valence-electron chi connectivity index (χ1n) is 10.1. The number of aliphatic imine (C=N–C) groups is 1. The molecule has 0 aliphatic carbocycles. The second-order valence-electron chi connectivity index (χ2n) is 8.43. The molecule has 10 nitrogen and oxygen atoms in total.